The zero-order valence-electron chi connectivity index (χ0n) is 24.0. The van der Waals surface area contributed by atoms with Crippen LogP contribution in [0.1, 0.15) is 22.3 Å². The summed E-state index contributed by atoms with van der Waals surface area (Å²) in [5.74, 6) is 0.493. The van der Waals surface area contributed by atoms with Crippen LogP contribution in [-0.2, 0) is 11.4 Å². The summed E-state index contributed by atoms with van der Waals surface area (Å²) in [5, 5.41) is 13.0. The van der Waals surface area contributed by atoms with E-state index < -0.39 is 5.91 Å². The fourth-order valence-electron chi connectivity index (χ4n) is 4.58. The maximum atomic E-state index is 13.9. The summed E-state index contributed by atoms with van der Waals surface area (Å²) in [5.41, 5.74) is 4.16. The number of amides is 1. The Morgan fingerprint density at radius 1 is 0.953 bits per heavy atom. The van der Waals surface area contributed by atoms with E-state index in [1.165, 1.54) is 4.57 Å². The molecule has 0 saturated heterocycles. The van der Waals surface area contributed by atoms with Crippen molar-refractivity contribution >= 4 is 34.6 Å². The van der Waals surface area contributed by atoms with Gasteiger partial charge in [0, 0.05) is 5.69 Å². The molecular weight excluding hydrogens is 558 g/mol. The zero-order chi connectivity index (χ0) is 30.3. The quantitative estimate of drug-likeness (QED) is 0.268. The Kier molecular flexibility index (Phi) is 8.85. The number of methoxy groups -OCH3 is 1. The predicted molar refractivity (Wildman–Crippen MR) is 170 cm³/mol. The highest BCUT2D eigenvalue weighted by Crippen LogP contribution is 2.29. The first-order valence-electron chi connectivity index (χ1n) is 13.5. The molecule has 0 unspecified atom stereocenters. The van der Waals surface area contributed by atoms with Crippen LogP contribution in [0, 0.1) is 25.2 Å². The van der Waals surface area contributed by atoms with E-state index in [4.69, 9.17) is 9.47 Å². The lowest BCUT2D eigenvalue weighted by atomic mass is 10.2. The molecule has 1 heterocycles. The Bertz CT molecular complexity index is 2020. The van der Waals surface area contributed by atoms with Crippen molar-refractivity contribution in [2.45, 2.75) is 20.5 Å². The van der Waals surface area contributed by atoms with Gasteiger partial charge in [-0.05, 0) is 72.5 Å². The van der Waals surface area contributed by atoms with Crippen LogP contribution in [0.25, 0.3) is 17.3 Å². The van der Waals surface area contributed by atoms with Gasteiger partial charge < -0.3 is 14.8 Å². The predicted octanol–water partition coefficient (Wildman–Crippen LogP) is 5.25. The molecule has 0 fully saturated rings. The van der Waals surface area contributed by atoms with E-state index in [1.807, 2.05) is 92.7 Å². The molecule has 0 aliphatic rings. The summed E-state index contributed by atoms with van der Waals surface area (Å²) in [4.78, 5) is 27.3. The van der Waals surface area contributed by atoms with Gasteiger partial charge in [-0.15, -0.1) is 11.3 Å². The number of ether oxygens (including phenoxy) is 2. The summed E-state index contributed by atoms with van der Waals surface area (Å²) < 4.78 is 13.6. The van der Waals surface area contributed by atoms with Gasteiger partial charge in [-0.3, -0.25) is 14.2 Å². The Balaban J connectivity index is 1.64. The maximum Gasteiger partial charge on any atom is 0.273 e. The van der Waals surface area contributed by atoms with Crippen LogP contribution in [-0.4, -0.2) is 17.6 Å². The van der Waals surface area contributed by atoms with E-state index in [1.54, 1.807) is 37.5 Å². The molecule has 0 radical (unpaired) electrons. The summed E-state index contributed by atoms with van der Waals surface area (Å²) in [6, 6.07) is 31.9. The third kappa shape index (κ3) is 6.58. The average Bonchev–Trinajstić information content (AvgIpc) is 3.32. The van der Waals surface area contributed by atoms with Crippen molar-refractivity contribution in [1.82, 2.24) is 4.57 Å². The first kappa shape index (κ1) is 29.1. The second kappa shape index (κ2) is 13.1. The molecule has 1 aromatic heterocycles. The fraction of sp³-hybridized carbons (Fsp3) is 0.114. The number of nitrogens with one attached hydrogen (secondary N) is 1. The van der Waals surface area contributed by atoms with Gasteiger partial charge >= 0.3 is 0 Å². The second-order valence-corrected chi connectivity index (χ2v) is 10.9. The van der Waals surface area contributed by atoms with Gasteiger partial charge in [-0.25, -0.2) is 0 Å². The minimum Gasteiger partial charge on any atom is -0.493 e. The van der Waals surface area contributed by atoms with Gasteiger partial charge in [0.15, 0.2) is 17.1 Å². The molecule has 214 valence electrons. The molecule has 5 rings (SSSR count). The number of nitrogens with zero attached hydrogens (tertiary/aromatic N) is 2. The second-order valence-electron chi connectivity index (χ2n) is 9.84. The smallest absolute Gasteiger partial charge is 0.273 e. The Labute approximate surface area is 253 Å². The highest BCUT2D eigenvalue weighted by molar-refractivity contribution is 7.07. The molecule has 0 bridgehead atoms. The van der Waals surface area contributed by atoms with Crippen molar-refractivity contribution in [3.63, 3.8) is 0 Å². The van der Waals surface area contributed by atoms with E-state index in [-0.39, 0.29) is 15.8 Å². The summed E-state index contributed by atoms with van der Waals surface area (Å²) in [6.45, 7) is 4.14. The maximum absolute atomic E-state index is 13.9. The van der Waals surface area contributed by atoms with Crippen LogP contribution in [0.2, 0.25) is 0 Å². The molecule has 0 aliphatic carbocycles. The minimum absolute atomic E-state index is 0.159. The highest BCUT2D eigenvalue weighted by Gasteiger charge is 2.18. The van der Waals surface area contributed by atoms with E-state index in [9.17, 15) is 14.9 Å². The lowest BCUT2D eigenvalue weighted by Crippen LogP contribution is -2.32. The van der Waals surface area contributed by atoms with Crippen molar-refractivity contribution in [3.8, 4) is 23.3 Å². The molecule has 0 aliphatic heterocycles. The monoisotopic (exact) mass is 587 g/mol. The van der Waals surface area contributed by atoms with Gasteiger partial charge in [0.25, 0.3) is 11.5 Å². The number of aromatic nitrogens is 1. The van der Waals surface area contributed by atoms with Crippen LogP contribution < -0.4 is 29.5 Å². The van der Waals surface area contributed by atoms with Crippen LogP contribution >= 0.6 is 11.3 Å². The van der Waals surface area contributed by atoms with Crippen LogP contribution in [0.4, 0.5) is 5.69 Å². The standard InChI is InChI=1S/C35H29N3O4S/c1-23-10-9-14-27(18-23)37-33(39)28(21-36)35-38(29-15-8-7-11-24(29)2)34(40)32(43-35)20-26-16-17-30(41-3)31(19-26)42-22-25-12-5-4-6-13-25/h4-20H,22H2,1-3H3,(H,37,39)/b32-20-,35-28+. The Morgan fingerprint density at radius 3 is 2.44 bits per heavy atom. The molecule has 43 heavy (non-hydrogen) atoms. The zero-order valence-corrected chi connectivity index (χ0v) is 24.8. The van der Waals surface area contributed by atoms with Gasteiger partial charge in [-0.2, -0.15) is 5.26 Å². The summed E-state index contributed by atoms with van der Waals surface area (Å²) in [6.07, 6.45) is 1.73. The van der Waals surface area contributed by atoms with Crippen molar-refractivity contribution in [2.24, 2.45) is 0 Å². The minimum atomic E-state index is -0.593. The lowest BCUT2D eigenvalue weighted by Gasteiger charge is -2.11. The van der Waals surface area contributed by atoms with Crippen LogP contribution in [0.5, 0.6) is 11.5 Å². The fourth-order valence-corrected chi connectivity index (χ4v) is 5.67. The molecule has 5 aromatic rings. The number of carbonyl (C=O) groups is 1. The van der Waals surface area contributed by atoms with Crippen LogP contribution in [0.15, 0.2) is 102 Å². The molecule has 1 N–H and O–H groups in total. The van der Waals surface area contributed by atoms with Crippen molar-refractivity contribution in [1.29, 1.82) is 5.26 Å². The lowest BCUT2D eigenvalue weighted by molar-refractivity contribution is -0.111. The number of para-hydroxylation sites is 1. The molecule has 8 heteroatoms. The van der Waals surface area contributed by atoms with Gasteiger partial charge in [0.2, 0.25) is 0 Å². The molecule has 0 spiro atoms. The van der Waals surface area contributed by atoms with Gasteiger partial charge in [-0.1, -0.05) is 66.7 Å². The first-order chi connectivity index (χ1) is 20.9. The van der Waals surface area contributed by atoms with E-state index in [0.29, 0.717) is 39.6 Å². The third-order valence-electron chi connectivity index (χ3n) is 6.73. The Morgan fingerprint density at radius 2 is 1.72 bits per heavy atom. The van der Waals surface area contributed by atoms with Crippen molar-refractivity contribution < 1.29 is 14.3 Å². The largest absolute Gasteiger partial charge is 0.493 e. The number of aryl methyl sites for hydroxylation is 2. The van der Waals surface area contributed by atoms with Crippen molar-refractivity contribution in [2.75, 3.05) is 12.4 Å². The number of carbonyl (C=O) groups excluding carboxylic acids is 1. The molecule has 1 amide bonds. The van der Waals surface area contributed by atoms with Gasteiger partial charge in [0.1, 0.15) is 17.3 Å². The normalized spacial score (nSPS) is 11.9. The first-order valence-corrected chi connectivity index (χ1v) is 14.4. The average molecular weight is 588 g/mol. The number of hydrogen-bond donors (Lipinski definition) is 1. The molecule has 7 nitrogen and oxygen atoms in total. The van der Waals surface area contributed by atoms with Crippen LogP contribution in [0.3, 0.4) is 0 Å². The highest BCUT2D eigenvalue weighted by atomic mass is 32.1. The van der Waals surface area contributed by atoms with E-state index >= 15 is 0 Å². The number of anilines is 1. The number of rotatable bonds is 8. The summed E-state index contributed by atoms with van der Waals surface area (Å²) in [7, 11) is 1.57. The number of hydrogen-bond acceptors (Lipinski definition) is 6. The number of benzene rings is 4. The molecular formula is C35H29N3O4S. The number of nitriles is 1. The topological polar surface area (TPSA) is 93.4 Å². The van der Waals surface area contributed by atoms with Crippen molar-refractivity contribution in [3.05, 3.63) is 139 Å². The molecule has 0 atom stereocenters. The van der Waals surface area contributed by atoms with Gasteiger partial charge in [0.05, 0.1) is 17.3 Å². The third-order valence-corrected chi connectivity index (χ3v) is 7.82. The Hall–Kier alpha value is -5.39. The molecule has 0 saturated carbocycles. The molecule has 4 aromatic carbocycles. The van der Waals surface area contributed by atoms with E-state index in [2.05, 4.69) is 5.32 Å². The number of thiazole rings is 1. The summed E-state index contributed by atoms with van der Waals surface area (Å²) >= 11 is 1.09. The van der Waals surface area contributed by atoms with E-state index in [0.717, 1.165) is 28.0 Å². The SMILES string of the molecule is COc1ccc(/C=c2\s/c(=C(\C#N)C(=O)Nc3cccc(C)c3)n(-c3ccccc3C)c2=O)cc1OCc1ccccc1.